The molecule has 33 heavy (non-hydrogen) atoms. The molecule has 1 aromatic rings. The van der Waals surface area contributed by atoms with Crippen LogP contribution < -0.4 is 0 Å². The van der Waals surface area contributed by atoms with Gasteiger partial charge in [-0.3, -0.25) is 14.5 Å². The summed E-state index contributed by atoms with van der Waals surface area (Å²) in [6, 6.07) is 7.55. The van der Waals surface area contributed by atoms with E-state index in [1.807, 2.05) is 6.07 Å². The molecule has 0 aromatic heterocycles. The largest absolute Gasteiger partial charge is 0.465 e. The minimum Gasteiger partial charge on any atom is -0.465 e. The quantitative estimate of drug-likeness (QED) is 0.402. The molecule has 9 heteroatoms. The van der Waals surface area contributed by atoms with E-state index in [4.69, 9.17) is 18.9 Å². The lowest BCUT2D eigenvalue weighted by atomic mass is 10.1. The molecule has 0 heterocycles. The van der Waals surface area contributed by atoms with Gasteiger partial charge in [-0.05, 0) is 54.0 Å². The predicted octanol–water partition coefficient (Wildman–Crippen LogP) is 3.63. The van der Waals surface area contributed by atoms with Gasteiger partial charge in [0.05, 0.1) is 13.0 Å². The molecule has 0 radical (unpaired) electrons. The van der Waals surface area contributed by atoms with Crippen LogP contribution in [0.5, 0.6) is 0 Å². The Balaban J connectivity index is 3.16. The zero-order valence-corrected chi connectivity index (χ0v) is 20.5. The maximum absolute atomic E-state index is 13.0. The second-order valence-corrected chi connectivity index (χ2v) is 9.31. The number of ether oxygens (including phenoxy) is 4. The summed E-state index contributed by atoms with van der Waals surface area (Å²) in [5.74, 6) is -2.36. The van der Waals surface area contributed by atoms with Gasteiger partial charge in [-0.15, -0.1) is 0 Å². The zero-order valence-electron chi connectivity index (χ0n) is 20.5. The van der Waals surface area contributed by atoms with Crippen molar-refractivity contribution in [3.8, 4) is 0 Å². The molecule has 0 saturated carbocycles. The van der Waals surface area contributed by atoms with Crippen molar-refractivity contribution >= 4 is 24.0 Å². The molecule has 0 aliphatic rings. The topological polar surface area (TPSA) is 108 Å². The van der Waals surface area contributed by atoms with Crippen LogP contribution in [-0.4, -0.2) is 59.3 Å². The SMILES string of the molecule is CCOC(=O)CN(C(=O)OC(C)(C)C)[C@@H](CC(=O)OCc1ccccc1)C(=O)OC(C)(C)C. The van der Waals surface area contributed by atoms with Crippen LogP contribution in [0.4, 0.5) is 4.79 Å². The third-order valence-corrected chi connectivity index (χ3v) is 3.89. The van der Waals surface area contributed by atoms with Crippen LogP contribution in [0.1, 0.15) is 60.5 Å². The maximum atomic E-state index is 13.0. The second-order valence-electron chi connectivity index (χ2n) is 9.31. The number of esters is 3. The lowest BCUT2D eigenvalue weighted by Gasteiger charge is -2.33. The Kier molecular flexibility index (Phi) is 10.3. The smallest absolute Gasteiger partial charge is 0.411 e. The summed E-state index contributed by atoms with van der Waals surface area (Å²) in [5.41, 5.74) is -1.04. The van der Waals surface area contributed by atoms with Crippen LogP contribution in [0, 0.1) is 0 Å². The molecule has 0 aliphatic carbocycles. The van der Waals surface area contributed by atoms with Gasteiger partial charge in [0.25, 0.3) is 0 Å². The number of benzene rings is 1. The Labute approximate surface area is 195 Å². The summed E-state index contributed by atoms with van der Waals surface area (Å²) in [6.07, 6.45) is -1.48. The van der Waals surface area contributed by atoms with Crippen LogP contribution in [0.3, 0.4) is 0 Å². The molecule has 1 rings (SSSR count). The highest BCUT2D eigenvalue weighted by Gasteiger charge is 2.39. The van der Waals surface area contributed by atoms with Gasteiger partial charge >= 0.3 is 24.0 Å². The van der Waals surface area contributed by atoms with Gasteiger partial charge < -0.3 is 18.9 Å². The minimum atomic E-state index is -1.45. The van der Waals surface area contributed by atoms with Crippen LogP contribution >= 0.6 is 0 Å². The van der Waals surface area contributed by atoms with Gasteiger partial charge in [0.2, 0.25) is 0 Å². The lowest BCUT2D eigenvalue weighted by molar-refractivity contribution is -0.166. The number of carbonyl (C=O) groups is 4. The van der Waals surface area contributed by atoms with Gasteiger partial charge in [0.1, 0.15) is 30.4 Å². The maximum Gasteiger partial charge on any atom is 0.411 e. The molecular weight excluding hydrogens is 430 g/mol. The Morgan fingerprint density at radius 3 is 1.94 bits per heavy atom. The lowest BCUT2D eigenvalue weighted by Crippen LogP contribution is -2.52. The minimum absolute atomic E-state index is 0.00890. The fourth-order valence-electron chi connectivity index (χ4n) is 2.61. The van der Waals surface area contributed by atoms with E-state index >= 15 is 0 Å². The highest BCUT2D eigenvalue weighted by atomic mass is 16.6. The molecule has 0 fully saturated rings. The van der Waals surface area contributed by atoms with E-state index in [0.717, 1.165) is 10.5 Å². The van der Waals surface area contributed by atoms with Gasteiger partial charge in [0.15, 0.2) is 0 Å². The first-order valence-corrected chi connectivity index (χ1v) is 10.8. The summed E-state index contributed by atoms with van der Waals surface area (Å²) in [4.78, 5) is 51.5. The van der Waals surface area contributed by atoms with E-state index < -0.39 is 54.2 Å². The monoisotopic (exact) mass is 465 g/mol. The third kappa shape index (κ3) is 11.4. The van der Waals surface area contributed by atoms with Crippen molar-refractivity contribution in [2.75, 3.05) is 13.2 Å². The van der Waals surface area contributed by atoms with Crippen molar-refractivity contribution < 1.29 is 38.1 Å². The summed E-state index contributed by atoms with van der Waals surface area (Å²) in [7, 11) is 0. The van der Waals surface area contributed by atoms with E-state index in [9.17, 15) is 19.2 Å². The number of carbonyl (C=O) groups excluding carboxylic acids is 4. The normalized spacial score (nSPS) is 12.3. The van der Waals surface area contributed by atoms with E-state index in [0.29, 0.717) is 0 Å². The number of amides is 1. The Morgan fingerprint density at radius 1 is 0.848 bits per heavy atom. The second kappa shape index (κ2) is 12.2. The van der Waals surface area contributed by atoms with Crippen LogP contribution in [-0.2, 0) is 39.9 Å². The van der Waals surface area contributed by atoms with E-state index in [1.165, 1.54) is 0 Å². The van der Waals surface area contributed by atoms with Crippen molar-refractivity contribution in [1.29, 1.82) is 0 Å². The Bertz CT molecular complexity index is 808. The molecule has 0 unspecified atom stereocenters. The van der Waals surface area contributed by atoms with Crippen molar-refractivity contribution in [3.63, 3.8) is 0 Å². The van der Waals surface area contributed by atoms with Gasteiger partial charge in [-0.1, -0.05) is 30.3 Å². The zero-order chi connectivity index (χ0) is 25.2. The van der Waals surface area contributed by atoms with Crippen molar-refractivity contribution in [2.45, 2.75) is 78.7 Å². The summed E-state index contributed by atoms with van der Waals surface area (Å²) in [6.45, 7) is 11.0. The van der Waals surface area contributed by atoms with Crippen molar-refractivity contribution in [1.82, 2.24) is 4.90 Å². The summed E-state index contributed by atoms with van der Waals surface area (Å²) >= 11 is 0. The van der Waals surface area contributed by atoms with E-state index in [1.54, 1.807) is 72.7 Å². The number of hydrogen-bond donors (Lipinski definition) is 0. The summed E-state index contributed by atoms with van der Waals surface area (Å²) in [5, 5.41) is 0. The highest BCUT2D eigenvalue weighted by molar-refractivity contribution is 5.88. The van der Waals surface area contributed by atoms with Gasteiger partial charge in [-0.25, -0.2) is 9.59 Å². The molecule has 0 aliphatic heterocycles. The fraction of sp³-hybridized carbons (Fsp3) is 0.583. The molecule has 0 bridgehead atoms. The van der Waals surface area contributed by atoms with Gasteiger partial charge in [0, 0.05) is 0 Å². The molecule has 0 saturated heterocycles. The highest BCUT2D eigenvalue weighted by Crippen LogP contribution is 2.19. The van der Waals surface area contributed by atoms with Crippen LogP contribution in [0.25, 0.3) is 0 Å². The molecular formula is C24H35NO8. The molecule has 1 atom stereocenters. The summed E-state index contributed by atoms with van der Waals surface area (Å²) < 4.78 is 21.0. The first-order chi connectivity index (χ1) is 15.2. The number of hydrogen-bond acceptors (Lipinski definition) is 8. The predicted molar refractivity (Wildman–Crippen MR) is 120 cm³/mol. The molecule has 0 N–H and O–H groups in total. The van der Waals surface area contributed by atoms with Crippen LogP contribution in [0.2, 0.25) is 0 Å². The van der Waals surface area contributed by atoms with Crippen molar-refractivity contribution in [2.24, 2.45) is 0 Å². The van der Waals surface area contributed by atoms with E-state index in [2.05, 4.69) is 0 Å². The van der Waals surface area contributed by atoms with Gasteiger partial charge in [-0.2, -0.15) is 0 Å². The Hall–Kier alpha value is -3.10. The molecule has 1 aromatic carbocycles. The molecule has 184 valence electrons. The molecule has 0 spiro atoms. The fourth-order valence-corrected chi connectivity index (χ4v) is 2.61. The molecule has 9 nitrogen and oxygen atoms in total. The number of rotatable bonds is 9. The molecule has 1 amide bonds. The average Bonchev–Trinajstić information content (AvgIpc) is 2.67. The van der Waals surface area contributed by atoms with E-state index in [-0.39, 0.29) is 13.2 Å². The van der Waals surface area contributed by atoms with Crippen LogP contribution in [0.15, 0.2) is 30.3 Å². The standard InChI is InChI=1S/C24H35NO8/c1-8-30-20(27)15-25(22(29)33-24(5,6)7)18(21(28)32-23(2,3)4)14-19(26)31-16-17-12-10-9-11-13-17/h9-13,18H,8,14-16H2,1-7H3/t18-/m0/s1. The Morgan fingerprint density at radius 2 is 1.42 bits per heavy atom. The van der Waals surface area contributed by atoms with Crippen molar-refractivity contribution in [3.05, 3.63) is 35.9 Å². The first-order valence-electron chi connectivity index (χ1n) is 10.8. The third-order valence-electron chi connectivity index (χ3n) is 3.89. The first kappa shape index (κ1) is 27.9. The average molecular weight is 466 g/mol. The number of nitrogens with zero attached hydrogens (tertiary/aromatic N) is 1.